The quantitative estimate of drug-likeness (QED) is 0.737. The number of nitrogens with zero attached hydrogens (tertiary/aromatic N) is 1. The Morgan fingerprint density at radius 1 is 1.57 bits per heavy atom. The Morgan fingerprint density at radius 3 is 2.64 bits per heavy atom. The van der Waals surface area contributed by atoms with E-state index in [0.717, 1.165) is 0 Å². The number of hydrogen-bond acceptors (Lipinski definition) is 3. The molecular weight excluding hydrogens is 215 g/mol. The van der Waals surface area contributed by atoms with Crippen LogP contribution in [-0.2, 0) is 0 Å². The molecule has 1 heterocycles. The second kappa shape index (κ2) is 4.08. The lowest BCUT2D eigenvalue weighted by molar-refractivity contribution is -0.133. The van der Waals surface area contributed by atoms with Gasteiger partial charge in [0.2, 0.25) is 0 Å². The molecule has 0 aliphatic heterocycles. The van der Waals surface area contributed by atoms with Gasteiger partial charge in [-0.25, -0.2) is 4.98 Å². The number of aryl methyl sites for hydroxylation is 1. The lowest BCUT2D eigenvalue weighted by Gasteiger charge is -2.03. The van der Waals surface area contributed by atoms with Crippen LogP contribution in [0.1, 0.15) is 28.3 Å². The van der Waals surface area contributed by atoms with Crippen LogP contribution in [0.25, 0.3) is 0 Å². The largest absolute Gasteiger partial charge is 0.389 e. The van der Waals surface area contributed by atoms with Gasteiger partial charge in [-0.1, -0.05) is 0 Å². The number of alkyl halides is 3. The number of Topliss-reactive ketones (excluding diaryl/α,β-unsaturated/α-hetero) is 1. The molecule has 0 aliphatic carbocycles. The summed E-state index contributed by atoms with van der Waals surface area (Å²) in [4.78, 5) is 15.0. The number of aromatic nitrogens is 1. The van der Waals surface area contributed by atoms with E-state index in [2.05, 4.69) is 4.98 Å². The van der Waals surface area contributed by atoms with E-state index in [9.17, 15) is 18.0 Å². The van der Waals surface area contributed by atoms with Gasteiger partial charge in [0.1, 0.15) is 5.69 Å². The van der Waals surface area contributed by atoms with Crippen LogP contribution in [0.5, 0.6) is 0 Å². The Labute approximate surface area is 82.8 Å². The molecule has 78 valence electrons. The van der Waals surface area contributed by atoms with Crippen molar-refractivity contribution in [1.29, 1.82) is 0 Å². The number of hydrogen-bond donors (Lipinski definition) is 0. The molecule has 0 fully saturated rings. The highest BCUT2D eigenvalue weighted by Crippen LogP contribution is 2.22. The van der Waals surface area contributed by atoms with E-state index >= 15 is 0 Å². The van der Waals surface area contributed by atoms with Crippen molar-refractivity contribution in [2.45, 2.75) is 25.9 Å². The minimum absolute atomic E-state index is 0.136. The molecule has 0 N–H and O–H groups in total. The lowest BCUT2D eigenvalue weighted by Crippen LogP contribution is -2.11. The highest BCUT2D eigenvalue weighted by atomic mass is 32.1. The molecule has 0 amide bonds. The van der Waals surface area contributed by atoms with Crippen molar-refractivity contribution >= 4 is 17.1 Å². The highest BCUT2D eigenvalue weighted by molar-refractivity contribution is 7.09. The van der Waals surface area contributed by atoms with Crippen molar-refractivity contribution in [3.05, 3.63) is 16.1 Å². The molecule has 0 spiro atoms. The zero-order valence-electron chi connectivity index (χ0n) is 7.39. The first kappa shape index (κ1) is 11.2. The van der Waals surface area contributed by atoms with E-state index in [-0.39, 0.29) is 5.69 Å². The zero-order valence-corrected chi connectivity index (χ0v) is 8.21. The predicted octanol–water partition coefficient (Wildman–Crippen LogP) is 2.98. The molecule has 0 bridgehead atoms. The summed E-state index contributed by atoms with van der Waals surface area (Å²) in [6.07, 6.45) is -5.88. The van der Waals surface area contributed by atoms with Crippen molar-refractivity contribution in [2.75, 3.05) is 0 Å². The highest BCUT2D eigenvalue weighted by Gasteiger charge is 2.28. The van der Waals surface area contributed by atoms with Crippen LogP contribution in [0.15, 0.2) is 5.38 Å². The first-order valence-electron chi connectivity index (χ1n) is 3.90. The molecule has 14 heavy (non-hydrogen) atoms. The van der Waals surface area contributed by atoms with E-state index in [1.807, 2.05) is 0 Å². The van der Waals surface area contributed by atoms with E-state index in [1.54, 1.807) is 6.92 Å². The van der Waals surface area contributed by atoms with Crippen molar-refractivity contribution in [3.8, 4) is 0 Å². The van der Waals surface area contributed by atoms with E-state index in [1.165, 1.54) is 16.7 Å². The minimum Gasteiger partial charge on any atom is -0.292 e. The summed E-state index contributed by atoms with van der Waals surface area (Å²) in [6.45, 7) is 1.70. The molecule has 1 rings (SSSR count). The van der Waals surface area contributed by atoms with Gasteiger partial charge in [-0.3, -0.25) is 4.79 Å². The first-order valence-corrected chi connectivity index (χ1v) is 4.78. The fraction of sp³-hybridized carbons (Fsp3) is 0.500. The van der Waals surface area contributed by atoms with Gasteiger partial charge >= 0.3 is 6.18 Å². The predicted molar refractivity (Wildman–Crippen MR) is 46.5 cm³/mol. The van der Waals surface area contributed by atoms with Gasteiger partial charge in [0.05, 0.1) is 11.4 Å². The normalized spacial score (nSPS) is 11.7. The average molecular weight is 223 g/mol. The van der Waals surface area contributed by atoms with Crippen LogP contribution in [0.4, 0.5) is 13.2 Å². The standard InChI is InChI=1S/C8H8F3NOS/c1-5-12-6(4-14-5)7(13)2-3-8(9,10)11/h4H,2-3H2,1H3. The molecule has 1 aromatic heterocycles. The smallest absolute Gasteiger partial charge is 0.292 e. The summed E-state index contributed by atoms with van der Waals surface area (Å²) < 4.78 is 35.3. The summed E-state index contributed by atoms with van der Waals surface area (Å²) in [5.74, 6) is -0.549. The molecule has 0 saturated heterocycles. The van der Waals surface area contributed by atoms with E-state index < -0.39 is 24.8 Å². The third kappa shape index (κ3) is 3.45. The second-order valence-electron chi connectivity index (χ2n) is 2.79. The molecule has 0 radical (unpaired) electrons. The summed E-state index contributed by atoms with van der Waals surface area (Å²) >= 11 is 1.25. The van der Waals surface area contributed by atoms with Crippen molar-refractivity contribution in [1.82, 2.24) is 4.98 Å². The summed E-state index contributed by atoms with van der Waals surface area (Å²) in [7, 11) is 0. The lowest BCUT2D eigenvalue weighted by atomic mass is 10.2. The van der Waals surface area contributed by atoms with Crippen molar-refractivity contribution in [3.63, 3.8) is 0 Å². The second-order valence-corrected chi connectivity index (χ2v) is 3.85. The van der Waals surface area contributed by atoms with Crippen LogP contribution < -0.4 is 0 Å². The minimum atomic E-state index is -4.28. The third-order valence-corrected chi connectivity index (χ3v) is 2.31. The molecule has 0 aliphatic rings. The van der Waals surface area contributed by atoms with Gasteiger partial charge < -0.3 is 0 Å². The van der Waals surface area contributed by atoms with Crippen molar-refractivity contribution in [2.24, 2.45) is 0 Å². The van der Waals surface area contributed by atoms with Gasteiger partial charge in [-0.15, -0.1) is 11.3 Å². The number of ketones is 1. The maximum atomic E-state index is 11.8. The fourth-order valence-electron chi connectivity index (χ4n) is 0.875. The maximum Gasteiger partial charge on any atom is 0.389 e. The monoisotopic (exact) mass is 223 g/mol. The first-order chi connectivity index (χ1) is 6.38. The van der Waals surface area contributed by atoms with Crippen LogP contribution in [-0.4, -0.2) is 16.9 Å². The molecular formula is C8H8F3NOS. The average Bonchev–Trinajstić information content (AvgIpc) is 2.46. The summed E-state index contributed by atoms with van der Waals surface area (Å²) in [5, 5.41) is 2.16. The Morgan fingerprint density at radius 2 is 2.21 bits per heavy atom. The molecule has 0 aromatic carbocycles. The van der Waals surface area contributed by atoms with E-state index in [0.29, 0.717) is 5.01 Å². The Hall–Kier alpha value is -0.910. The molecule has 0 unspecified atom stereocenters. The van der Waals surface area contributed by atoms with Gasteiger partial charge in [0.25, 0.3) is 0 Å². The Balaban J connectivity index is 2.52. The molecule has 2 nitrogen and oxygen atoms in total. The van der Waals surface area contributed by atoms with Gasteiger partial charge in [-0.2, -0.15) is 13.2 Å². The molecule has 6 heteroatoms. The summed E-state index contributed by atoms with van der Waals surface area (Å²) in [6, 6.07) is 0. The summed E-state index contributed by atoms with van der Waals surface area (Å²) in [5.41, 5.74) is 0.136. The zero-order chi connectivity index (χ0) is 10.8. The van der Waals surface area contributed by atoms with Crippen LogP contribution >= 0.6 is 11.3 Å². The van der Waals surface area contributed by atoms with Gasteiger partial charge in [0.15, 0.2) is 5.78 Å². The van der Waals surface area contributed by atoms with Crippen LogP contribution in [0.3, 0.4) is 0 Å². The number of carbonyl (C=O) groups excluding carboxylic acids is 1. The fourth-order valence-corrected chi connectivity index (χ4v) is 1.49. The number of carbonyl (C=O) groups is 1. The topological polar surface area (TPSA) is 30.0 Å². The van der Waals surface area contributed by atoms with Crippen LogP contribution in [0, 0.1) is 6.92 Å². The number of rotatable bonds is 3. The third-order valence-electron chi connectivity index (χ3n) is 1.54. The number of halogens is 3. The van der Waals surface area contributed by atoms with Gasteiger partial charge in [0, 0.05) is 11.8 Å². The number of thiazole rings is 1. The SMILES string of the molecule is Cc1nc(C(=O)CCC(F)(F)F)cs1. The molecule has 0 saturated carbocycles. The van der Waals surface area contributed by atoms with Crippen LogP contribution in [0.2, 0.25) is 0 Å². The van der Waals surface area contributed by atoms with Crippen molar-refractivity contribution < 1.29 is 18.0 Å². The van der Waals surface area contributed by atoms with Gasteiger partial charge in [-0.05, 0) is 6.92 Å². The van der Waals surface area contributed by atoms with E-state index in [4.69, 9.17) is 0 Å². The maximum absolute atomic E-state index is 11.8. The Kier molecular flexibility index (Phi) is 3.25. The molecule has 0 atom stereocenters. The Bertz CT molecular complexity index is 332. The molecule has 1 aromatic rings.